The van der Waals surface area contributed by atoms with Crippen LogP contribution in [0.3, 0.4) is 0 Å². The number of thiophene rings is 1. The zero-order valence-corrected chi connectivity index (χ0v) is 17.8. The van der Waals surface area contributed by atoms with Gasteiger partial charge in [0.1, 0.15) is 0 Å². The third-order valence-electron chi connectivity index (χ3n) is 5.52. The number of hydrogen-bond donors (Lipinski definition) is 2. The number of piperidine rings is 1. The number of nitrogens with zero attached hydrogens (tertiary/aromatic N) is 1. The van der Waals surface area contributed by atoms with Gasteiger partial charge in [-0.3, -0.25) is 4.79 Å². The van der Waals surface area contributed by atoms with Gasteiger partial charge in [0.15, 0.2) is 0 Å². The van der Waals surface area contributed by atoms with Crippen molar-refractivity contribution in [1.82, 2.24) is 15.6 Å². The molecule has 1 fully saturated rings. The zero-order chi connectivity index (χ0) is 18.3. The first-order chi connectivity index (χ1) is 13.3. The summed E-state index contributed by atoms with van der Waals surface area (Å²) >= 11 is 3.25. The van der Waals surface area contributed by atoms with Crippen molar-refractivity contribution < 1.29 is 9.53 Å². The Morgan fingerprint density at radius 2 is 2.18 bits per heavy atom. The van der Waals surface area contributed by atoms with Crippen LogP contribution in [0.2, 0.25) is 0 Å². The van der Waals surface area contributed by atoms with Gasteiger partial charge in [-0.1, -0.05) is 12.1 Å². The van der Waals surface area contributed by atoms with E-state index in [4.69, 9.17) is 4.74 Å². The molecule has 2 aromatic heterocycles. The van der Waals surface area contributed by atoms with Crippen LogP contribution in [-0.2, 0) is 23.3 Å². The molecule has 2 N–H and O–H groups in total. The van der Waals surface area contributed by atoms with Crippen LogP contribution in [0, 0.1) is 0 Å². The van der Waals surface area contributed by atoms with Gasteiger partial charge in [0.05, 0.1) is 32.8 Å². The number of ether oxygens (including phenoxy) is 1. The summed E-state index contributed by atoms with van der Waals surface area (Å²) in [6.07, 6.45) is 2.86. The fourth-order valence-corrected chi connectivity index (χ4v) is 6.07. The van der Waals surface area contributed by atoms with E-state index in [-0.39, 0.29) is 23.9 Å². The second-order valence-electron chi connectivity index (χ2n) is 7.09. The Balaban J connectivity index is 0.00000192. The monoisotopic (exact) mass is 435 g/mol. The van der Waals surface area contributed by atoms with Crippen molar-refractivity contribution in [2.45, 2.75) is 31.4 Å². The maximum Gasteiger partial charge on any atom is 0.261 e. The average Bonchev–Trinajstić information content (AvgIpc) is 3.35. The minimum absolute atomic E-state index is 0. The molecule has 3 aromatic rings. The third kappa shape index (κ3) is 3.46. The molecule has 5 rings (SSSR count). The Morgan fingerprint density at radius 3 is 3.04 bits per heavy atom. The van der Waals surface area contributed by atoms with Crippen molar-refractivity contribution in [1.29, 1.82) is 0 Å². The molecular weight excluding hydrogens is 414 g/mol. The molecule has 2 aliphatic heterocycles. The molecule has 148 valence electrons. The molecule has 0 unspecified atom stereocenters. The first-order valence-corrected chi connectivity index (χ1v) is 11.0. The van der Waals surface area contributed by atoms with Gasteiger partial charge >= 0.3 is 0 Å². The van der Waals surface area contributed by atoms with Crippen LogP contribution in [0.25, 0.3) is 10.2 Å². The number of hydrogen-bond acceptors (Lipinski definition) is 6. The molecule has 1 spiro atoms. The summed E-state index contributed by atoms with van der Waals surface area (Å²) in [7, 11) is 0. The molecule has 2 aliphatic rings. The molecule has 0 radical (unpaired) electrons. The van der Waals surface area contributed by atoms with Crippen LogP contribution in [0.5, 0.6) is 0 Å². The Hall–Kier alpha value is -1.51. The second kappa shape index (κ2) is 8.08. The van der Waals surface area contributed by atoms with Crippen molar-refractivity contribution in [2.24, 2.45) is 0 Å². The van der Waals surface area contributed by atoms with Crippen LogP contribution in [0.1, 0.15) is 38.5 Å². The number of benzene rings is 1. The van der Waals surface area contributed by atoms with Gasteiger partial charge in [-0.2, -0.15) is 0 Å². The summed E-state index contributed by atoms with van der Waals surface area (Å²) < 4.78 is 7.37. The summed E-state index contributed by atoms with van der Waals surface area (Å²) in [5.74, 6) is 0.00000260. The topological polar surface area (TPSA) is 63.2 Å². The van der Waals surface area contributed by atoms with E-state index in [1.54, 1.807) is 22.7 Å². The Kier molecular flexibility index (Phi) is 5.71. The van der Waals surface area contributed by atoms with Gasteiger partial charge < -0.3 is 15.4 Å². The van der Waals surface area contributed by atoms with E-state index in [0.29, 0.717) is 6.54 Å². The highest BCUT2D eigenvalue weighted by atomic mass is 35.5. The van der Waals surface area contributed by atoms with Gasteiger partial charge in [-0.25, -0.2) is 4.98 Å². The molecule has 0 bridgehead atoms. The molecule has 0 aliphatic carbocycles. The smallest absolute Gasteiger partial charge is 0.261 e. The van der Waals surface area contributed by atoms with E-state index in [2.05, 4.69) is 27.8 Å². The highest BCUT2D eigenvalue weighted by molar-refractivity contribution is 7.17. The maximum atomic E-state index is 12.8. The predicted octanol–water partition coefficient (Wildman–Crippen LogP) is 3.86. The SMILES string of the molecule is Cl.O=C(NCc1cccc2ncsc12)c1cc2c(s1)CCOC21CCNCC1. The predicted molar refractivity (Wildman–Crippen MR) is 116 cm³/mol. The molecule has 0 saturated carbocycles. The van der Waals surface area contributed by atoms with Gasteiger partial charge in [0.2, 0.25) is 0 Å². The van der Waals surface area contributed by atoms with E-state index in [1.165, 1.54) is 10.4 Å². The lowest BCUT2D eigenvalue weighted by Gasteiger charge is -2.40. The fraction of sp³-hybridized carbons (Fsp3) is 0.400. The summed E-state index contributed by atoms with van der Waals surface area (Å²) in [6.45, 7) is 3.21. The molecule has 28 heavy (non-hydrogen) atoms. The summed E-state index contributed by atoms with van der Waals surface area (Å²) in [6, 6.07) is 8.12. The summed E-state index contributed by atoms with van der Waals surface area (Å²) in [5, 5.41) is 6.50. The zero-order valence-electron chi connectivity index (χ0n) is 15.3. The number of rotatable bonds is 3. The van der Waals surface area contributed by atoms with Gasteiger partial charge in [-0.15, -0.1) is 35.1 Å². The molecule has 1 saturated heterocycles. The lowest BCUT2D eigenvalue weighted by atomic mass is 9.83. The van der Waals surface area contributed by atoms with E-state index in [1.807, 2.05) is 17.6 Å². The minimum atomic E-state index is -0.192. The van der Waals surface area contributed by atoms with Gasteiger partial charge in [-0.05, 0) is 49.2 Å². The molecule has 0 atom stereocenters. The maximum absolute atomic E-state index is 12.8. The van der Waals surface area contributed by atoms with Crippen LogP contribution >= 0.6 is 35.1 Å². The second-order valence-corrected chi connectivity index (χ2v) is 9.08. The minimum Gasteiger partial charge on any atom is -0.370 e. The highest BCUT2D eigenvalue weighted by Gasteiger charge is 2.40. The fourth-order valence-electron chi connectivity index (χ4n) is 4.12. The average molecular weight is 436 g/mol. The van der Waals surface area contributed by atoms with Crippen molar-refractivity contribution in [3.05, 3.63) is 50.7 Å². The van der Waals surface area contributed by atoms with E-state index in [0.717, 1.165) is 59.6 Å². The number of amides is 1. The summed E-state index contributed by atoms with van der Waals surface area (Å²) in [4.78, 5) is 19.3. The first kappa shape index (κ1) is 19.8. The standard InChI is InChI=1S/C20H21N3O2S2.ClH/c24-19(22-11-13-2-1-3-15-18(13)26-12-23-15)17-10-14-16(27-17)4-9-25-20(14)5-7-21-8-6-20;/h1-3,10,12,21H,4-9,11H2,(H,22,24);1H. The molecule has 1 aromatic carbocycles. The Bertz CT molecular complexity index is 994. The molecule has 4 heterocycles. The first-order valence-electron chi connectivity index (χ1n) is 9.32. The number of nitrogens with one attached hydrogen (secondary N) is 2. The van der Waals surface area contributed by atoms with Gasteiger partial charge in [0, 0.05) is 17.8 Å². The molecule has 5 nitrogen and oxygen atoms in total. The van der Waals surface area contributed by atoms with Crippen LogP contribution in [0.4, 0.5) is 0 Å². The summed E-state index contributed by atoms with van der Waals surface area (Å²) in [5.41, 5.74) is 5.00. The number of halogens is 1. The number of carbonyl (C=O) groups is 1. The van der Waals surface area contributed by atoms with E-state index < -0.39 is 0 Å². The van der Waals surface area contributed by atoms with Crippen molar-refractivity contribution in [3.8, 4) is 0 Å². The number of aromatic nitrogens is 1. The van der Waals surface area contributed by atoms with Gasteiger partial charge in [0.25, 0.3) is 5.91 Å². The number of carbonyl (C=O) groups excluding carboxylic acids is 1. The third-order valence-corrected chi connectivity index (χ3v) is 7.63. The largest absolute Gasteiger partial charge is 0.370 e. The molecule has 1 amide bonds. The van der Waals surface area contributed by atoms with E-state index in [9.17, 15) is 4.79 Å². The Labute approximate surface area is 177 Å². The van der Waals surface area contributed by atoms with E-state index >= 15 is 0 Å². The Morgan fingerprint density at radius 1 is 1.32 bits per heavy atom. The van der Waals surface area contributed by atoms with Crippen LogP contribution < -0.4 is 10.6 Å². The number of fused-ring (bicyclic) bond motifs is 3. The quantitative estimate of drug-likeness (QED) is 0.655. The molecule has 8 heteroatoms. The lowest BCUT2D eigenvalue weighted by molar-refractivity contribution is -0.0792. The normalized spacial score (nSPS) is 17.9. The molecular formula is C20H22ClN3O2S2. The number of thiazole rings is 1. The highest BCUT2D eigenvalue weighted by Crippen LogP contribution is 2.43. The van der Waals surface area contributed by atoms with Crippen molar-refractivity contribution in [2.75, 3.05) is 19.7 Å². The van der Waals surface area contributed by atoms with Crippen molar-refractivity contribution >= 4 is 51.2 Å². The lowest BCUT2D eigenvalue weighted by Crippen LogP contribution is -2.44. The van der Waals surface area contributed by atoms with Crippen LogP contribution in [-0.4, -0.2) is 30.6 Å². The van der Waals surface area contributed by atoms with Crippen LogP contribution in [0.15, 0.2) is 29.8 Å². The van der Waals surface area contributed by atoms with Crippen molar-refractivity contribution in [3.63, 3.8) is 0 Å².